The molecule has 0 atom stereocenters. The van der Waals surface area contributed by atoms with Crippen molar-refractivity contribution >= 4 is 15.9 Å². The Hall–Kier alpha value is -2.12. The van der Waals surface area contributed by atoms with Gasteiger partial charge >= 0.3 is 0 Å². The first kappa shape index (κ1) is 19.2. The molecule has 6 nitrogen and oxygen atoms in total. The first-order valence-corrected chi connectivity index (χ1v) is 9.73. The average molecular weight is 363 g/mol. The van der Waals surface area contributed by atoms with Gasteiger partial charge in [-0.3, -0.25) is 4.79 Å². The topological polar surface area (TPSA) is 94.2 Å². The number of aromatic nitrogens is 1. The number of rotatable bonds is 7. The van der Waals surface area contributed by atoms with Crippen LogP contribution in [-0.4, -0.2) is 30.4 Å². The minimum atomic E-state index is -3.71. The molecule has 0 spiro atoms. The van der Waals surface area contributed by atoms with E-state index >= 15 is 0 Å². The van der Waals surface area contributed by atoms with Gasteiger partial charge in [0.2, 0.25) is 0 Å². The van der Waals surface area contributed by atoms with Crippen molar-refractivity contribution < 1.29 is 13.2 Å². The number of amides is 1. The molecule has 0 aliphatic carbocycles. The highest BCUT2D eigenvalue weighted by Crippen LogP contribution is 2.16. The van der Waals surface area contributed by atoms with Crippen molar-refractivity contribution in [1.82, 2.24) is 9.29 Å². The summed E-state index contributed by atoms with van der Waals surface area (Å²) in [6.45, 7) is 6.17. The Labute approximate surface area is 149 Å². The van der Waals surface area contributed by atoms with Gasteiger partial charge in [0, 0.05) is 24.5 Å². The molecular formula is C18H25N3O3S. The number of benzene rings is 1. The molecule has 136 valence electrons. The van der Waals surface area contributed by atoms with Crippen molar-refractivity contribution in [3.63, 3.8) is 0 Å². The van der Waals surface area contributed by atoms with E-state index in [1.165, 1.54) is 18.5 Å². The van der Waals surface area contributed by atoms with Crippen LogP contribution in [0.3, 0.4) is 0 Å². The molecule has 0 radical (unpaired) electrons. The minimum absolute atomic E-state index is 0.179. The van der Waals surface area contributed by atoms with Gasteiger partial charge in [-0.1, -0.05) is 31.5 Å². The van der Waals surface area contributed by atoms with Gasteiger partial charge in [0.1, 0.15) is 0 Å². The van der Waals surface area contributed by atoms with E-state index in [0.29, 0.717) is 6.54 Å². The van der Waals surface area contributed by atoms with Gasteiger partial charge in [-0.05, 0) is 38.0 Å². The number of nitrogens with zero attached hydrogens (tertiary/aromatic N) is 1. The van der Waals surface area contributed by atoms with Crippen molar-refractivity contribution in [1.29, 1.82) is 0 Å². The van der Waals surface area contributed by atoms with E-state index in [-0.39, 0.29) is 16.4 Å². The Morgan fingerprint density at radius 2 is 1.76 bits per heavy atom. The summed E-state index contributed by atoms with van der Waals surface area (Å²) in [4.78, 5) is 12.4. The molecule has 0 saturated carbocycles. The monoisotopic (exact) mass is 363 g/mol. The lowest BCUT2D eigenvalue weighted by molar-refractivity contribution is 0.0942. The van der Waals surface area contributed by atoms with Crippen LogP contribution >= 0.6 is 0 Å². The molecule has 0 unspecified atom stereocenters. The second-order valence-corrected chi connectivity index (χ2v) is 8.14. The van der Waals surface area contributed by atoms with Crippen LogP contribution in [0.25, 0.3) is 0 Å². The fraction of sp³-hybridized carbons (Fsp3) is 0.389. The van der Waals surface area contributed by atoms with Gasteiger partial charge in [-0.25, -0.2) is 12.4 Å². The van der Waals surface area contributed by atoms with E-state index in [1.807, 2.05) is 20.8 Å². The summed E-state index contributed by atoms with van der Waals surface area (Å²) in [5, 5.41) is 2.78. The predicted octanol–water partition coefficient (Wildman–Crippen LogP) is 2.28. The molecule has 1 aromatic heterocycles. The summed E-state index contributed by atoms with van der Waals surface area (Å²) in [6, 6.07) is 8.06. The van der Waals surface area contributed by atoms with E-state index < -0.39 is 15.6 Å². The number of nitrogens with one attached hydrogen (secondary N) is 1. The second-order valence-electron chi connectivity index (χ2n) is 6.30. The number of hydrogen-bond acceptors (Lipinski definition) is 4. The summed E-state index contributed by atoms with van der Waals surface area (Å²) < 4.78 is 26.3. The Morgan fingerprint density at radius 3 is 2.32 bits per heavy atom. The van der Waals surface area contributed by atoms with Crippen LogP contribution in [0.2, 0.25) is 0 Å². The average Bonchev–Trinajstić information content (AvgIpc) is 3.11. The van der Waals surface area contributed by atoms with Gasteiger partial charge in [-0.15, -0.1) is 0 Å². The Morgan fingerprint density at radius 1 is 1.16 bits per heavy atom. The van der Waals surface area contributed by atoms with Crippen LogP contribution in [-0.2, 0) is 10.0 Å². The Bertz CT molecular complexity index is 835. The summed E-state index contributed by atoms with van der Waals surface area (Å²) in [6.07, 6.45) is 4.18. The zero-order chi connectivity index (χ0) is 18.7. The Kier molecular flexibility index (Phi) is 5.69. The van der Waals surface area contributed by atoms with Gasteiger partial charge < -0.3 is 11.1 Å². The standard InChI is InChI=1S/C18H25N3O3S/c1-4-18(19,5-2)13-20-17(22)15-10-11-21(12-15)25(23,24)16-8-6-14(3)7-9-16/h6-12H,4-5,13,19H2,1-3H3,(H,20,22). The van der Waals surface area contributed by atoms with Crippen LogP contribution in [0.4, 0.5) is 0 Å². The Balaban J connectivity index is 2.16. The lowest BCUT2D eigenvalue weighted by atomic mass is 9.94. The number of carbonyl (C=O) groups excluding carboxylic acids is 1. The number of aryl methyl sites for hydroxylation is 1. The van der Waals surface area contributed by atoms with Crippen molar-refractivity contribution in [2.24, 2.45) is 5.73 Å². The molecule has 7 heteroatoms. The number of nitrogens with two attached hydrogens (primary N) is 1. The van der Waals surface area contributed by atoms with Crippen LogP contribution in [0.15, 0.2) is 47.6 Å². The zero-order valence-corrected chi connectivity index (χ0v) is 15.6. The van der Waals surface area contributed by atoms with Crippen LogP contribution in [0.5, 0.6) is 0 Å². The van der Waals surface area contributed by atoms with E-state index in [0.717, 1.165) is 22.4 Å². The molecule has 2 rings (SSSR count). The highest BCUT2D eigenvalue weighted by atomic mass is 32.2. The van der Waals surface area contributed by atoms with Gasteiger partial charge in [0.15, 0.2) is 0 Å². The van der Waals surface area contributed by atoms with E-state index in [9.17, 15) is 13.2 Å². The molecule has 0 aliphatic heterocycles. The first-order valence-electron chi connectivity index (χ1n) is 8.29. The SMILES string of the molecule is CCC(N)(CC)CNC(=O)c1ccn(S(=O)(=O)c2ccc(C)cc2)c1. The number of hydrogen-bond donors (Lipinski definition) is 2. The van der Waals surface area contributed by atoms with Crippen LogP contribution in [0, 0.1) is 6.92 Å². The largest absolute Gasteiger partial charge is 0.350 e. The normalized spacial score (nSPS) is 12.2. The van der Waals surface area contributed by atoms with Crippen LogP contribution < -0.4 is 11.1 Å². The highest BCUT2D eigenvalue weighted by molar-refractivity contribution is 7.90. The van der Waals surface area contributed by atoms with E-state index in [2.05, 4.69) is 5.32 Å². The van der Waals surface area contributed by atoms with Crippen molar-refractivity contribution in [2.75, 3.05) is 6.54 Å². The summed E-state index contributed by atoms with van der Waals surface area (Å²) >= 11 is 0. The summed E-state index contributed by atoms with van der Waals surface area (Å²) in [7, 11) is -3.71. The third-order valence-corrected chi connectivity index (χ3v) is 6.19. The van der Waals surface area contributed by atoms with Crippen LogP contribution in [0.1, 0.15) is 42.6 Å². The third-order valence-electron chi connectivity index (χ3n) is 4.54. The summed E-state index contributed by atoms with van der Waals surface area (Å²) in [5.74, 6) is -0.338. The molecule has 0 saturated heterocycles. The second kappa shape index (κ2) is 7.41. The quantitative estimate of drug-likeness (QED) is 0.789. The third kappa shape index (κ3) is 4.29. The van der Waals surface area contributed by atoms with E-state index in [4.69, 9.17) is 5.73 Å². The minimum Gasteiger partial charge on any atom is -0.350 e. The predicted molar refractivity (Wildman–Crippen MR) is 98.0 cm³/mol. The molecule has 0 bridgehead atoms. The molecule has 0 fully saturated rings. The molecule has 0 aliphatic rings. The molecular weight excluding hydrogens is 338 g/mol. The smallest absolute Gasteiger partial charge is 0.267 e. The number of carbonyl (C=O) groups is 1. The molecule has 3 N–H and O–H groups in total. The maximum absolute atomic E-state index is 12.6. The van der Waals surface area contributed by atoms with Crippen molar-refractivity contribution in [3.8, 4) is 0 Å². The van der Waals surface area contributed by atoms with Gasteiger partial charge in [0.25, 0.3) is 15.9 Å². The maximum Gasteiger partial charge on any atom is 0.267 e. The van der Waals surface area contributed by atoms with E-state index in [1.54, 1.807) is 24.3 Å². The highest BCUT2D eigenvalue weighted by Gasteiger charge is 2.22. The van der Waals surface area contributed by atoms with Crippen molar-refractivity contribution in [2.45, 2.75) is 44.0 Å². The molecule has 25 heavy (non-hydrogen) atoms. The molecule has 2 aromatic rings. The van der Waals surface area contributed by atoms with Gasteiger partial charge in [0.05, 0.1) is 10.5 Å². The fourth-order valence-electron chi connectivity index (χ4n) is 2.35. The lowest BCUT2D eigenvalue weighted by Crippen LogP contribution is -2.49. The molecule has 1 amide bonds. The van der Waals surface area contributed by atoms with Crippen molar-refractivity contribution in [3.05, 3.63) is 53.9 Å². The zero-order valence-electron chi connectivity index (χ0n) is 14.8. The maximum atomic E-state index is 12.6. The first-order chi connectivity index (χ1) is 11.7. The molecule has 1 aromatic carbocycles. The summed E-state index contributed by atoms with van der Waals surface area (Å²) in [5.41, 5.74) is 6.98. The fourth-order valence-corrected chi connectivity index (χ4v) is 3.55. The molecule has 1 heterocycles. The van der Waals surface area contributed by atoms with Gasteiger partial charge in [-0.2, -0.15) is 0 Å². The lowest BCUT2D eigenvalue weighted by Gasteiger charge is -2.26.